The third-order valence-corrected chi connectivity index (χ3v) is 2.70. The van der Waals surface area contributed by atoms with Gasteiger partial charge in [0.05, 0.1) is 6.10 Å². The van der Waals surface area contributed by atoms with Crippen molar-refractivity contribution in [3.05, 3.63) is 21.9 Å². The first-order chi connectivity index (χ1) is 5.25. The molecular weight excluding hydrogens is 156 g/mol. The molecule has 1 rings (SSSR count). The van der Waals surface area contributed by atoms with E-state index in [4.69, 9.17) is 0 Å². The van der Waals surface area contributed by atoms with Gasteiger partial charge in [-0.2, -0.15) is 11.3 Å². The summed E-state index contributed by atoms with van der Waals surface area (Å²) in [6.07, 6.45) is 1.67. The first-order valence-corrected chi connectivity index (χ1v) is 4.90. The monoisotopic (exact) mass is 170 g/mol. The summed E-state index contributed by atoms with van der Waals surface area (Å²) >= 11 is 1.66. The molecular formula is C9H14OS. The predicted molar refractivity (Wildman–Crippen MR) is 48.9 cm³/mol. The van der Waals surface area contributed by atoms with Crippen molar-refractivity contribution in [1.82, 2.24) is 0 Å². The maximum atomic E-state index is 9.60. The average molecular weight is 170 g/mol. The van der Waals surface area contributed by atoms with Gasteiger partial charge in [0.15, 0.2) is 0 Å². The fourth-order valence-corrected chi connectivity index (χ4v) is 2.04. The van der Waals surface area contributed by atoms with Gasteiger partial charge >= 0.3 is 0 Å². The highest BCUT2D eigenvalue weighted by atomic mass is 32.1. The molecule has 1 N–H and O–H groups in total. The molecule has 0 saturated carbocycles. The van der Waals surface area contributed by atoms with E-state index in [0.29, 0.717) is 0 Å². The molecule has 0 bridgehead atoms. The van der Waals surface area contributed by atoms with Crippen molar-refractivity contribution in [3.8, 4) is 0 Å². The van der Waals surface area contributed by atoms with Gasteiger partial charge in [-0.3, -0.25) is 0 Å². The van der Waals surface area contributed by atoms with Crippen molar-refractivity contribution < 1.29 is 5.11 Å². The van der Waals surface area contributed by atoms with Crippen LogP contribution in [0.1, 0.15) is 37.0 Å². The lowest BCUT2D eigenvalue weighted by molar-refractivity contribution is 0.166. The highest BCUT2D eigenvalue weighted by Crippen LogP contribution is 2.24. The van der Waals surface area contributed by atoms with Crippen LogP contribution in [0.4, 0.5) is 0 Å². The van der Waals surface area contributed by atoms with E-state index in [1.165, 1.54) is 5.56 Å². The van der Waals surface area contributed by atoms with E-state index in [-0.39, 0.29) is 6.10 Å². The largest absolute Gasteiger partial charge is 0.388 e. The number of thiophene rings is 1. The van der Waals surface area contributed by atoms with Crippen LogP contribution in [0, 0.1) is 6.92 Å². The summed E-state index contributed by atoms with van der Waals surface area (Å²) in [5.74, 6) is 0. The molecule has 0 spiro atoms. The van der Waals surface area contributed by atoms with E-state index >= 15 is 0 Å². The van der Waals surface area contributed by atoms with Gasteiger partial charge in [0.2, 0.25) is 0 Å². The SMILES string of the molecule is CCC[C@@H](O)c1cscc1C. The molecule has 0 aromatic carbocycles. The first kappa shape index (κ1) is 8.75. The van der Waals surface area contributed by atoms with Crippen LogP contribution >= 0.6 is 11.3 Å². The van der Waals surface area contributed by atoms with Crippen LogP contribution in [-0.4, -0.2) is 5.11 Å². The summed E-state index contributed by atoms with van der Waals surface area (Å²) in [4.78, 5) is 0. The molecule has 2 heteroatoms. The minimum absolute atomic E-state index is 0.244. The fraction of sp³-hybridized carbons (Fsp3) is 0.556. The summed E-state index contributed by atoms with van der Waals surface area (Å²) < 4.78 is 0. The molecule has 0 radical (unpaired) electrons. The van der Waals surface area contributed by atoms with Crippen molar-refractivity contribution in [2.24, 2.45) is 0 Å². The number of aliphatic hydroxyl groups is 1. The van der Waals surface area contributed by atoms with Crippen LogP contribution in [-0.2, 0) is 0 Å². The van der Waals surface area contributed by atoms with Gasteiger partial charge in [-0.05, 0) is 35.2 Å². The molecule has 0 unspecified atom stereocenters. The number of aliphatic hydroxyl groups excluding tert-OH is 1. The van der Waals surface area contributed by atoms with Gasteiger partial charge in [0.25, 0.3) is 0 Å². The van der Waals surface area contributed by atoms with Crippen molar-refractivity contribution in [1.29, 1.82) is 0 Å². The summed E-state index contributed by atoms with van der Waals surface area (Å²) in [7, 11) is 0. The summed E-state index contributed by atoms with van der Waals surface area (Å²) in [6, 6.07) is 0. The second kappa shape index (κ2) is 3.88. The van der Waals surface area contributed by atoms with Crippen LogP contribution < -0.4 is 0 Å². The van der Waals surface area contributed by atoms with Crippen molar-refractivity contribution in [2.75, 3.05) is 0 Å². The van der Waals surface area contributed by atoms with Crippen molar-refractivity contribution in [2.45, 2.75) is 32.8 Å². The molecule has 0 aliphatic heterocycles. The molecule has 11 heavy (non-hydrogen) atoms. The Balaban J connectivity index is 2.67. The lowest BCUT2D eigenvalue weighted by Crippen LogP contribution is -1.95. The Morgan fingerprint density at radius 2 is 2.27 bits per heavy atom. The Morgan fingerprint density at radius 3 is 2.73 bits per heavy atom. The van der Waals surface area contributed by atoms with Gasteiger partial charge in [0.1, 0.15) is 0 Å². The van der Waals surface area contributed by atoms with Gasteiger partial charge in [0, 0.05) is 0 Å². The third kappa shape index (κ3) is 2.04. The van der Waals surface area contributed by atoms with Crippen LogP contribution in [0.2, 0.25) is 0 Å². The molecule has 62 valence electrons. The van der Waals surface area contributed by atoms with Crippen molar-refractivity contribution >= 4 is 11.3 Å². The maximum absolute atomic E-state index is 9.60. The molecule has 1 aromatic heterocycles. The zero-order valence-corrected chi connectivity index (χ0v) is 7.82. The lowest BCUT2D eigenvalue weighted by Gasteiger charge is -2.07. The summed E-state index contributed by atoms with van der Waals surface area (Å²) in [5, 5.41) is 13.7. The van der Waals surface area contributed by atoms with Crippen molar-refractivity contribution in [3.63, 3.8) is 0 Å². The van der Waals surface area contributed by atoms with Gasteiger partial charge in [-0.25, -0.2) is 0 Å². The molecule has 1 atom stereocenters. The number of aryl methyl sites for hydroxylation is 1. The number of rotatable bonds is 3. The molecule has 0 saturated heterocycles. The van der Waals surface area contributed by atoms with E-state index in [2.05, 4.69) is 12.3 Å². The second-order valence-corrected chi connectivity index (χ2v) is 3.56. The Morgan fingerprint density at radius 1 is 1.55 bits per heavy atom. The third-order valence-electron chi connectivity index (χ3n) is 1.82. The van der Waals surface area contributed by atoms with Gasteiger partial charge in [-0.1, -0.05) is 13.3 Å². The molecule has 0 amide bonds. The van der Waals surface area contributed by atoms with E-state index in [0.717, 1.165) is 18.4 Å². The standard InChI is InChI=1S/C9H14OS/c1-3-4-9(10)8-6-11-5-7(8)2/h5-6,9-10H,3-4H2,1-2H3/t9-/m1/s1. The summed E-state index contributed by atoms with van der Waals surface area (Å²) in [6.45, 7) is 4.13. The van der Waals surface area contributed by atoms with Crippen LogP contribution in [0.15, 0.2) is 10.8 Å². The zero-order chi connectivity index (χ0) is 8.27. The normalized spacial score (nSPS) is 13.4. The van der Waals surface area contributed by atoms with Crippen LogP contribution in [0.25, 0.3) is 0 Å². The van der Waals surface area contributed by atoms with E-state index in [1.807, 2.05) is 12.3 Å². The quantitative estimate of drug-likeness (QED) is 0.739. The Labute approximate surface area is 71.7 Å². The van der Waals surface area contributed by atoms with E-state index < -0.39 is 0 Å². The van der Waals surface area contributed by atoms with E-state index in [9.17, 15) is 5.11 Å². The smallest absolute Gasteiger partial charge is 0.0800 e. The minimum Gasteiger partial charge on any atom is -0.388 e. The molecule has 1 nitrogen and oxygen atoms in total. The molecule has 1 aromatic rings. The lowest BCUT2D eigenvalue weighted by atomic mass is 10.1. The van der Waals surface area contributed by atoms with Crippen LogP contribution in [0.5, 0.6) is 0 Å². The first-order valence-electron chi connectivity index (χ1n) is 3.96. The average Bonchev–Trinajstić information content (AvgIpc) is 2.36. The Bertz CT molecular complexity index is 217. The molecule has 0 aliphatic rings. The Hall–Kier alpha value is -0.340. The summed E-state index contributed by atoms with van der Waals surface area (Å²) in [5.41, 5.74) is 2.33. The fourth-order valence-electron chi connectivity index (χ4n) is 1.14. The van der Waals surface area contributed by atoms with E-state index in [1.54, 1.807) is 11.3 Å². The zero-order valence-electron chi connectivity index (χ0n) is 7.00. The predicted octanol–water partition coefficient (Wildman–Crippen LogP) is 2.89. The van der Waals surface area contributed by atoms with Gasteiger partial charge < -0.3 is 5.11 Å². The highest BCUT2D eigenvalue weighted by molar-refractivity contribution is 7.08. The van der Waals surface area contributed by atoms with Crippen LogP contribution in [0.3, 0.4) is 0 Å². The minimum atomic E-state index is -0.244. The number of hydrogen-bond acceptors (Lipinski definition) is 2. The highest BCUT2D eigenvalue weighted by Gasteiger charge is 2.08. The molecule has 0 aliphatic carbocycles. The number of hydrogen-bond donors (Lipinski definition) is 1. The van der Waals surface area contributed by atoms with Gasteiger partial charge in [-0.15, -0.1) is 0 Å². The molecule has 0 fully saturated rings. The second-order valence-electron chi connectivity index (χ2n) is 2.81. The maximum Gasteiger partial charge on any atom is 0.0800 e. The Kier molecular flexibility index (Phi) is 3.09. The molecule has 1 heterocycles. The topological polar surface area (TPSA) is 20.2 Å².